The molecule has 6 heteroatoms. The van der Waals surface area contributed by atoms with Gasteiger partial charge in [-0.1, -0.05) is 30.3 Å². The maximum atomic E-state index is 12.3. The number of carboxylic acids is 1. The Morgan fingerprint density at radius 3 is 2.60 bits per heavy atom. The van der Waals surface area contributed by atoms with Gasteiger partial charge in [0.05, 0.1) is 7.11 Å². The molecule has 0 radical (unpaired) electrons. The highest BCUT2D eigenvalue weighted by Crippen LogP contribution is 2.22. The van der Waals surface area contributed by atoms with E-state index in [1.807, 2.05) is 24.3 Å². The van der Waals surface area contributed by atoms with Crippen molar-refractivity contribution in [2.24, 2.45) is 0 Å². The summed E-state index contributed by atoms with van der Waals surface area (Å²) in [7, 11) is 1.60. The number of hydrogen-bond acceptors (Lipinski definition) is 3. The van der Waals surface area contributed by atoms with Crippen LogP contribution < -0.4 is 10.1 Å². The minimum Gasteiger partial charge on any atom is -0.497 e. The third kappa shape index (κ3) is 3.63. The van der Waals surface area contributed by atoms with E-state index in [0.717, 1.165) is 16.7 Å². The summed E-state index contributed by atoms with van der Waals surface area (Å²) in [6.07, 6.45) is 1.79. The van der Waals surface area contributed by atoms with Crippen LogP contribution in [0.1, 0.15) is 11.6 Å². The van der Waals surface area contributed by atoms with E-state index in [2.05, 4.69) is 5.32 Å². The molecule has 1 amide bonds. The molecule has 6 nitrogen and oxygen atoms in total. The van der Waals surface area contributed by atoms with Crippen LogP contribution in [-0.4, -0.2) is 28.7 Å². The number of methoxy groups -OCH3 is 1. The molecule has 128 valence electrons. The summed E-state index contributed by atoms with van der Waals surface area (Å²) >= 11 is 0. The molecule has 0 saturated carbocycles. The number of amides is 1. The van der Waals surface area contributed by atoms with E-state index < -0.39 is 12.0 Å². The second kappa shape index (κ2) is 7.09. The average Bonchev–Trinajstić information content (AvgIpc) is 3.02. The third-order valence-corrected chi connectivity index (χ3v) is 3.98. The van der Waals surface area contributed by atoms with E-state index in [0.29, 0.717) is 5.56 Å². The number of hydrogen-bond donors (Lipinski definition) is 2. The standard InChI is InChI=1S/C19H18N2O4/c1-25-15-7-8-16-14(11-15)9-10-21(16)12-17(22)20-18(19(23)24)13-5-3-2-4-6-13/h2-11,18H,12H2,1H3,(H,20,22)(H,23,24). The molecule has 2 aromatic carbocycles. The summed E-state index contributed by atoms with van der Waals surface area (Å²) in [5.74, 6) is -0.726. The van der Waals surface area contributed by atoms with Gasteiger partial charge in [0.25, 0.3) is 0 Å². The first-order valence-corrected chi connectivity index (χ1v) is 7.78. The Morgan fingerprint density at radius 1 is 1.16 bits per heavy atom. The van der Waals surface area contributed by atoms with Gasteiger partial charge in [0, 0.05) is 17.1 Å². The quantitative estimate of drug-likeness (QED) is 0.724. The fraction of sp³-hybridized carbons (Fsp3) is 0.158. The average molecular weight is 338 g/mol. The largest absolute Gasteiger partial charge is 0.497 e. The Hall–Kier alpha value is -3.28. The van der Waals surface area contributed by atoms with E-state index in [9.17, 15) is 14.7 Å². The summed E-state index contributed by atoms with van der Waals surface area (Å²) in [6.45, 7) is 0.0342. The van der Waals surface area contributed by atoms with E-state index in [1.165, 1.54) is 0 Å². The highest BCUT2D eigenvalue weighted by atomic mass is 16.5. The summed E-state index contributed by atoms with van der Waals surface area (Å²) in [5, 5.41) is 12.9. The van der Waals surface area contributed by atoms with Crippen LogP contribution in [0, 0.1) is 0 Å². The van der Waals surface area contributed by atoms with Crippen molar-refractivity contribution in [1.29, 1.82) is 0 Å². The van der Waals surface area contributed by atoms with Crippen molar-refractivity contribution >= 4 is 22.8 Å². The zero-order valence-corrected chi connectivity index (χ0v) is 13.7. The van der Waals surface area contributed by atoms with Gasteiger partial charge >= 0.3 is 5.97 Å². The highest BCUT2D eigenvalue weighted by Gasteiger charge is 2.22. The van der Waals surface area contributed by atoms with Crippen LogP contribution in [0.3, 0.4) is 0 Å². The van der Waals surface area contributed by atoms with Gasteiger partial charge in [-0.05, 0) is 29.8 Å². The van der Waals surface area contributed by atoms with Gasteiger partial charge in [-0.2, -0.15) is 0 Å². The predicted octanol–water partition coefficient (Wildman–Crippen LogP) is 2.59. The van der Waals surface area contributed by atoms with Gasteiger partial charge in [-0.3, -0.25) is 4.79 Å². The Kier molecular flexibility index (Phi) is 4.70. The second-order valence-electron chi connectivity index (χ2n) is 5.62. The van der Waals surface area contributed by atoms with E-state index in [4.69, 9.17) is 4.74 Å². The van der Waals surface area contributed by atoms with Crippen LogP contribution in [0.2, 0.25) is 0 Å². The predicted molar refractivity (Wildman–Crippen MR) is 93.5 cm³/mol. The third-order valence-electron chi connectivity index (χ3n) is 3.98. The zero-order chi connectivity index (χ0) is 17.8. The number of rotatable bonds is 6. The fourth-order valence-corrected chi connectivity index (χ4v) is 2.74. The molecule has 0 saturated heterocycles. The first kappa shape index (κ1) is 16.6. The minimum absolute atomic E-state index is 0.0342. The first-order valence-electron chi connectivity index (χ1n) is 7.78. The van der Waals surface area contributed by atoms with Crippen molar-refractivity contribution in [1.82, 2.24) is 9.88 Å². The maximum Gasteiger partial charge on any atom is 0.330 e. The topological polar surface area (TPSA) is 80.6 Å². The number of ether oxygens (including phenoxy) is 1. The van der Waals surface area contributed by atoms with Gasteiger partial charge < -0.3 is 19.7 Å². The van der Waals surface area contributed by atoms with Crippen LogP contribution >= 0.6 is 0 Å². The van der Waals surface area contributed by atoms with Crippen LogP contribution in [0.5, 0.6) is 5.75 Å². The number of nitrogens with one attached hydrogen (secondary N) is 1. The maximum absolute atomic E-state index is 12.3. The number of carboxylic acid groups (broad SMARTS) is 1. The molecule has 1 heterocycles. The van der Waals surface area contributed by atoms with Crippen LogP contribution in [-0.2, 0) is 16.1 Å². The number of carbonyl (C=O) groups excluding carboxylic acids is 1. The normalized spacial score (nSPS) is 11.9. The van der Waals surface area contributed by atoms with Crippen molar-refractivity contribution in [3.8, 4) is 5.75 Å². The number of aromatic nitrogens is 1. The summed E-state index contributed by atoms with van der Waals surface area (Å²) in [5.41, 5.74) is 1.41. The van der Waals surface area contributed by atoms with Crippen molar-refractivity contribution in [3.05, 3.63) is 66.4 Å². The summed E-state index contributed by atoms with van der Waals surface area (Å²) < 4.78 is 6.96. The Morgan fingerprint density at radius 2 is 1.92 bits per heavy atom. The molecular formula is C19H18N2O4. The molecule has 0 fully saturated rings. The molecule has 1 atom stereocenters. The number of carbonyl (C=O) groups is 2. The minimum atomic E-state index is -1.10. The number of nitrogens with zero attached hydrogens (tertiary/aromatic N) is 1. The lowest BCUT2D eigenvalue weighted by atomic mass is 10.1. The van der Waals surface area contributed by atoms with Crippen LogP contribution in [0.25, 0.3) is 10.9 Å². The van der Waals surface area contributed by atoms with Crippen molar-refractivity contribution in [3.63, 3.8) is 0 Å². The summed E-state index contributed by atoms with van der Waals surface area (Å²) in [6, 6.07) is 15.0. The zero-order valence-electron chi connectivity index (χ0n) is 13.7. The number of fused-ring (bicyclic) bond motifs is 1. The molecule has 0 spiro atoms. The number of benzene rings is 2. The molecule has 2 N–H and O–H groups in total. The number of aliphatic carboxylic acids is 1. The van der Waals surface area contributed by atoms with Crippen molar-refractivity contribution in [2.45, 2.75) is 12.6 Å². The van der Waals surface area contributed by atoms with Crippen molar-refractivity contribution < 1.29 is 19.4 Å². The van der Waals surface area contributed by atoms with E-state index in [1.54, 1.807) is 48.2 Å². The molecule has 3 rings (SSSR count). The fourth-order valence-electron chi connectivity index (χ4n) is 2.74. The monoisotopic (exact) mass is 338 g/mol. The summed E-state index contributed by atoms with van der Waals surface area (Å²) in [4.78, 5) is 23.8. The van der Waals surface area contributed by atoms with Gasteiger partial charge in [-0.25, -0.2) is 4.79 Å². The van der Waals surface area contributed by atoms with Gasteiger partial charge in [0.1, 0.15) is 12.3 Å². The molecule has 0 bridgehead atoms. The first-order chi connectivity index (χ1) is 12.1. The van der Waals surface area contributed by atoms with Crippen molar-refractivity contribution in [2.75, 3.05) is 7.11 Å². The lowest BCUT2D eigenvalue weighted by Crippen LogP contribution is -2.35. The van der Waals surface area contributed by atoms with Gasteiger partial charge in [0.2, 0.25) is 5.91 Å². The van der Waals surface area contributed by atoms with Gasteiger partial charge in [-0.15, -0.1) is 0 Å². The van der Waals surface area contributed by atoms with Crippen LogP contribution in [0.4, 0.5) is 0 Å². The van der Waals surface area contributed by atoms with Gasteiger partial charge in [0.15, 0.2) is 6.04 Å². The second-order valence-corrected chi connectivity index (χ2v) is 5.62. The molecule has 1 aromatic heterocycles. The van der Waals surface area contributed by atoms with E-state index in [-0.39, 0.29) is 12.5 Å². The Labute approximate surface area is 144 Å². The van der Waals surface area contributed by atoms with E-state index >= 15 is 0 Å². The smallest absolute Gasteiger partial charge is 0.330 e. The Bertz CT molecular complexity index is 902. The molecular weight excluding hydrogens is 320 g/mol. The molecule has 25 heavy (non-hydrogen) atoms. The van der Waals surface area contributed by atoms with Crippen LogP contribution in [0.15, 0.2) is 60.8 Å². The highest BCUT2D eigenvalue weighted by molar-refractivity contribution is 5.87. The molecule has 1 unspecified atom stereocenters. The molecule has 0 aliphatic rings. The molecule has 0 aliphatic carbocycles. The molecule has 0 aliphatic heterocycles. The molecule has 3 aromatic rings. The lowest BCUT2D eigenvalue weighted by Gasteiger charge is -2.15. The lowest BCUT2D eigenvalue weighted by molar-refractivity contribution is -0.142. The SMILES string of the molecule is COc1ccc2c(ccn2CC(=O)NC(C(=O)O)c2ccccc2)c1. The Balaban J connectivity index is 1.76.